The van der Waals surface area contributed by atoms with Gasteiger partial charge in [0, 0.05) is 19.5 Å². The van der Waals surface area contributed by atoms with Crippen LogP contribution in [0.15, 0.2) is 48.5 Å². The van der Waals surface area contributed by atoms with E-state index >= 15 is 0 Å². The van der Waals surface area contributed by atoms with Gasteiger partial charge < -0.3 is 10.2 Å². The van der Waals surface area contributed by atoms with Crippen LogP contribution in [-0.4, -0.2) is 29.3 Å². The predicted molar refractivity (Wildman–Crippen MR) is 103 cm³/mol. The summed E-state index contributed by atoms with van der Waals surface area (Å²) in [7, 11) is 0. The number of benzene rings is 2. The van der Waals surface area contributed by atoms with Gasteiger partial charge in [-0.2, -0.15) is 0 Å². The molecule has 27 heavy (non-hydrogen) atoms. The zero-order valence-electron chi connectivity index (χ0n) is 15.7. The van der Waals surface area contributed by atoms with E-state index in [4.69, 9.17) is 0 Å². The monoisotopic (exact) mass is 368 g/mol. The lowest BCUT2D eigenvalue weighted by atomic mass is 10.0. The van der Waals surface area contributed by atoms with Crippen LogP contribution in [0.5, 0.6) is 0 Å². The number of carbonyl (C=O) groups is 2. The third-order valence-corrected chi connectivity index (χ3v) is 4.85. The molecule has 1 heterocycles. The minimum Gasteiger partial charge on any atom is -0.351 e. The second kappa shape index (κ2) is 8.33. The zero-order chi connectivity index (χ0) is 19.4. The van der Waals surface area contributed by atoms with Crippen LogP contribution < -0.4 is 5.32 Å². The molecule has 0 aromatic heterocycles. The average molecular weight is 368 g/mol. The van der Waals surface area contributed by atoms with E-state index in [-0.39, 0.29) is 30.1 Å². The number of halogens is 1. The lowest BCUT2D eigenvalue weighted by Gasteiger charge is -2.17. The van der Waals surface area contributed by atoms with Crippen molar-refractivity contribution in [1.82, 2.24) is 10.2 Å². The molecule has 0 radical (unpaired) electrons. The maximum absolute atomic E-state index is 13.3. The van der Waals surface area contributed by atoms with Crippen LogP contribution >= 0.6 is 0 Å². The van der Waals surface area contributed by atoms with Crippen LogP contribution in [0.4, 0.5) is 4.39 Å². The lowest BCUT2D eigenvalue weighted by molar-refractivity contribution is -0.128. The molecule has 1 unspecified atom stereocenters. The van der Waals surface area contributed by atoms with Crippen molar-refractivity contribution in [2.24, 2.45) is 0 Å². The number of rotatable bonds is 6. The van der Waals surface area contributed by atoms with Crippen molar-refractivity contribution >= 4 is 11.8 Å². The topological polar surface area (TPSA) is 49.4 Å². The van der Waals surface area contributed by atoms with E-state index in [0.29, 0.717) is 25.4 Å². The molecule has 0 saturated carbocycles. The third-order valence-electron chi connectivity index (χ3n) is 4.85. The number of hydrogen-bond donors (Lipinski definition) is 1. The van der Waals surface area contributed by atoms with Gasteiger partial charge in [0.25, 0.3) is 0 Å². The Bertz CT molecular complexity index is 817. The number of amides is 2. The number of nitrogens with one attached hydrogen (secondary N) is 1. The molecule has 2 amide bonds. The van der Waals surface area contributed by atoms with Gasteiger partial charge in [0.15, 0.2) is 0 Å². The number of likely N-dealkylation sites (tertiary alicyclic amines) is 1. The summed E-state index contributed by atoms with van der Waals surface area (Å²) in [6, 6.07) is 14.1. The second-order valence-electron chi connectivity index (χ2n) is 7.45. The van der Waals surface area contributed by atoms with Crippen LogP contribution in [0.25, 0.3) is 0 Å². The first-order chi connectivity index (χ1) is 12.9. The molecular weight excluding hydrogens is 343 g/mol. The van der Waals surface area contributed by atoms with Crippen molar-refractivity contribution in [2.75, 3.05) is 6.54 Å². The standard InChI is InChI=1S/C22H25FN2O2/c1-15(2)18-8-6-16(7-9-18)11-21(26)24-20-12-22(27)25(14-20)13-17-4-3-5-19(23)10-17/h3-10,15,20H,11-14H2,1-2H3,(H,24,26). The van der Waals surface area contributed by atoms with Gasteiger partial charge in [0.2, 0.25) is 11.8 Å². The average Bonchev–Trinajstić information content (AvgIpc) is 2.94. The SMILES string of the molecule is CC(C)c1ccc(CC(=O)NC2CC(=O)N(Cc3cccc(F)c3)C2)cc1. The van der Waals surface area contributed by atoms with E-state index in [0.717, 1.165) is 11.1 Å². The van der Waals surface area contributed by atoms with E-state index in [2.05, 4.69) is 19.2 Å². The molecule has 1 atom stereocenters. The van der Waals surface area contributed by atoms with Crippen molar-refractivity contribution in [3.8, 4) is 0 Å². The van der Waals surface area contributed by atoms with Crippen molar-refractivity contribution < 1.29 is 14.0 Å². The molecule has 2 aromatic rings. The van der Waals surface area contributed by atoms with Crippen LogP contribution in [0.3, 0.4) is 0 Å². The molecule has 0 bridgehead atoms. The Labute approximate surface area is 159 Å². The number of nitrogens with zero attached hydrogens (tertiary/aromatic N) is 1. The van der Waals surface area contributed by atoms with Gasteiger partial charge in [0.1, 0.15) is 5.82 Å². The Morgan fingerprint density at radius 3 is 2.59 bits per heavy atom. The molecule has 1 saturated heterocycles. The van der Waals surface area contributed by atoms with Crippen molar-refractivity contribution in [3.05, 3.63) is 71.0 Å². The van der Waals surface area contributed by atoms with E-state index < -0.39 is 0 Å². The quantitative estimate of drug-likeness (QED) is 0.849. The Kier molecular flexibility index (Phi) is 5.89. The van der Waals surface area contributed by atoms with Crippen molar-refractivity contribution in [3.63, 3.8) is 0 Å². The summed E-state index contributed by atoms with van der Waals surface area (Å²) in [6.45, 7) is 5.08. The molecule has 142 valence electrons. The highest BCUT2D eigenvalue weighted by atomic mass is 19.1. The molecule has 1 fully saturated rings. The van der Waals surface area contributed by atoms with Gasteiger partial charge in [0.05, 0.1) is 12.5 Å². The molecule has 4 nitrogen and oxygen atoms in total. The fourth-order valence-corrected chi connectivity index (χ4v) is 3.36. The highest BCUT2D eigenvalue weighted by Crippen LogP contribution is 2.17. The van der Waals surface area contributed by atoms with Crippen LogP contribution in [0.1, 0.15) is 42.9 Å². The predicted octanol–water partition coefficient (Wildman–Crippen LogP) is 3.41. The Morgan fingerprint density at radius 1 is 1.19 bits per heavy atom. The second-order valence-corrected chi connectivity index (χ2v) is 7.45. The minimum absolute atomic E-state index is 0.0224. The Balaban J connectivity index is 1.52. The first-order valence-electron chi connectivity index (χ1n) is 9.31. The summed E-state index contributed by atoms with van der Waals surface area (Å²) in [6.07, 6.45) is 0.584. The first kappa shape index (κ1) is 19.1. The van der Waals surface area contributed by atoms with Gasteiger partial charge in [-0.1, -0.05) is 50.2 Å². The highest BCUT2D eigenvalue weighted by molar-refractivity contribution is 5.83. The van der Waals surface area contributed by atoms with Crippen LogP contribution in [-0.2, 0) is 22.6 Å². The first-order valence-corrected chi connectivity index (χ1v) is 9.31. The van der Waals surface area contributed by atoms with Gasteiger partial charge in [-0.25, -0.2) is 4.39 Å². The third kappa shape index (κ3) is 5.16. The Hall–Kier alpha value is -2.69. The molecule has 2 aromatic carbocycles. The fourth-order valence-electron chi connectivity index (χ4n) is 3.36. The molecule has 5 heteroatoms. The van der Waals surface area contributed by atoms with Crippen LogP contribution in [0, 0.1) is 5.82 Å². The van der Waals surface area contributed by atoms with Crippen molar-refractivity contribution in [1.29, 1.82) is 0 Å². The summed E-state index contributed by atoms with van der Waals surface area (Å²) < 4.78 is 13.3. The lowest BCUT2D eigenvalue weighted by Crippen LogP contribution is -2.37. The fraction of sp³-hybridized carbons (Fsp3) is 0.364. The van der Waals surface area contributed by atoms with E-state index in [1.165, 1.54) is 17.7 Å². The normalized spacial score (nSPS) is 16.8. The van der Waals surface area contributed by atoms with E-state index in [1.807, 2.05) is 24.3 Å². The summed E-state index contributed by atoms with van der Waals surface area (Å²) in [5.74, 6) is 0.0393. The van der Waals surface area contributed by atoms with Gasteiger partial charge in [-0.15, -0.1) is 0 Å². The molecule has 1 aliphatic rings. The van der Waals surface area contributed by atoms with E-state index in [9.17, 15) is 14.0 Å². The number of hydrogen-bond acceptors (Lipinski definition) is 2. The summed E-state index contributed by atoms with van der Waals surface area (Å²) in [5, 5.41) is 2.95. The summed E-state index contributed by atoms with van der Waals surface area (Å²) >= 11 is 0. The van der Waals surface area contributed by atoms with Crippen molar-refractivity contribution in [2.45, 2.75) is 45.2 Å². The van der Waals surface area contributed by atoms with E-state index in [1.54, 1.807) is 17.0 Å². The summed E-state index contributed by atoms with van der Waals surface area (Å²) in [4.78, 5) is 26.2. The molecular formula is C22H25FN2O2. The number of carbonyl (C=O) groups excluding carboxylic acids is 2. The summed E-state index contributed by atoms with van der Waals surface area (Å²) in [5.41, 5.74) is 2.95. The smallest absolute Gasteiger partial charge is 0.225 e. The molecule has 0 aliphatic carbocycles. The molecule has 1 aliphatic heterocycles. The van der Waals surface area contributed by atoms with Gasteiger partial charge in [-0.05, 0) is 34.7 Å². The maximum Gasteiger partial charge on any atom is 0.225 e. The Morgan fingerprint density at radius 2 is 1.93 bits per heavy atom. The zero-order valence-corrected chi connectivity index (χ0v) is 15.7. The highest BCUT2D eigenvalue weighted by Gasteiger charge is 2.30. The molecule has 1 N–H and O–H groups in total. The largest absolute Gasteiger partial charge is 0.351 e. The minimum atomic E-state index is -0.313. The van der Waals surface area contributed by atoms with Crippen LogP contribution in [0.2, 0.25) is 0 Å². The molecule has 3 rings (SSSR count). The van der Waals surface area contributed by atoms with Gasteiger partial charge >= 0.3 is 0 Å². The maximum atomic E-state index is 13.3. The van der Waals surface area contributed by atoms with Gasteiger partial charge in [-0.3, -0.25) is 9.59 Å². The molecule has 0 spiro atoms.